The van der Waals surface area contributed by atoms with Crippen LogP contribution in [-0.2, 0) is 5.75 Å². The summed E-state index contributed by atoms with van der Waals surface area (Å²) in [5.74, 6) is 0.843. The Morgan fingerprint density at radius 1 is 1.16 bits per heavy atom. The Hall–Kier alpha value is -1.53. The van der Waals surface area contributed by atoms with Crippen molar-refractivity contribution in [1.29, 1.82) is 0 Å². The van der Waals surface area contributed by atoms with Crippen molar-refractivity contribution >= 4 is 39.0 Å². The maximum Gasteiger partial charge on any atom is 0.209 e. The number of fused-ring (bicyclic) bond motifs is 1. The Labute approximate surface area is 123 Å². The highest BCUT2D eigenvalue weighted by Gasteiger charge is 2.09. The Kier molecular flexibility index (Phi) is 3.44. The predicted octanol–water partition coefficient (Wildman–Crippen LogP) is 3.37. The number of aromatic nitrogens is 3. The monoisotopic (exact) mass is 334 g/mol. The molecule has 0 atom stereocenters. The zero-order valence-electron chi connectivity index (χ0n) is 9.95. The number of halogens is 1. The third kappa shape index (κ3) is 2.59. The van der Waals surface area contributed by atoms with Crippen LogP contribution in [0.4, 0.5) is 5.69 Å². The summed E-state index contributed by atoms with van der Waals surface area (Å²) in [7, 11) is 0. The van der Waals surface area contributed by atoms with Crippen LogP contribution in [0.2, 0.25) is 0 Å². The summed E-state index contributed by atoms with van der Waals surface area (Å²) in [6.07, 6.45) is 0. The molecule has 0 fully saturated rings. The fraction of sp³-hybridized carbons (Fsp3) is 0.0769. The molecular formula is C13H11BrN4S. The second-order valence-electron chi connectivity index (χ2n) is 4.02. The summed E-state index contributed by atoms with van der Waals surface area (Å²) in [5, 5.41) is 5.15. The zero-order chi connectivity index (χ0) is 13.2. The van der Waals surface area contributed by atoms with Gasteiger partial charge in [-0.15, -0.1) is 5.10 Å². The molecule has 2 aromatic heterocycles. The van der Waals surface area contributed by atoms with Gasteiger partial charge in [-0.2, -0.15) is 4.98 Å². The van der Waals surface area contributed by atoms with Crippen LogP contribution in [0.5, 0.6) is 0 Å². The lowest BCUT2D eigenvalue weighted by Crippen LogP contribution is -1.94. The van der Waals surface area contributed by atoms with E-state index < -0.39 is 0 Å². The Morgan fingerprint density at radius 2 is 1.95 bits per heavy atom. The van der Waals surface area contributed by atoms with Crippen LogP contribution in [0.25, 0.3) is 5.65 Å². The van der Waals surface area contributed by atoms with Gasteiger partial charge in [-0.25, -0.2) is 4.52 Å². The third-order valence-electron chi connectivity index (χ3n) is 2.66. The average Bonchev–Trinajstić information content (AvgIpc) is 2.87. The van der Waals surface area contributed by atoms with Gasteiger partial charge in [0.05, 0.1) is 5.69 Å². The minimum absolute atomic E-state index is 0.627. The van der Waals surface area contributed by atoms with Crippen molar-refractivity contribution in [1.82, 2.24) is 14.6 Å². The maximum atomic E-state index is 5.89. The number of thioether (sulfide) groups is 1. The van der Waals surface area contributed by atoms with E-state index in [0.717, 1.165) is 15.5 Å². The average molecular weight is 335 g/mol. The number of hydrogen-bond donors (Lipinski definition) is 1. The van der Waals surface area contributed by atoms with E-state index in [2.05, 4.69) is 38.1 Å². The Bertz CT molecular complexity index is 672. The third-order valence-corrected chi connectivity index (χ3v) is 4.17. The topological polar surface area (TPSA) is 56.2 Å². The lowest BCUT2D eigenvalue weighted by Gasteiger charge is -1.97. The van der Waals surface area contributed by atoms with Gasteiger partial charge in [-0.3, -0.25) is 0 Å². The van der Waals surface area contributed by atoms with E-state index in [9.17, 15) is 0 Å². The van der Waals surface area contributed by atoms with Gasteiger partial charge in [0, 0.05) is 5.75 Å². The smallest absolute Gasteiger partial charge is 0.209 e. The van der Waals surface area contributed by atoms with E-state index in [1.165, 1.54) is 5.56 Å². The molecule has 96 valence electrons. The summed E-state index contributed by atoms with van der Waals surface area (Å²) < 4.78 is 2.55. The van der Waals surface area contributed by atoms with Gasteiger partial charge >= 0.3 is 0 Å². The highest BCUT2D eigenvalue weighted by atomic mass is 79.9. The van der Waals surface area contributed by atoms with E-state index in [4.69, 9.17) is 5.73 Å². The van der Waals surface area contributed by atoms with Crippen molar-refractivity contribution in [2.75, 3.05) is 5.73 Å². The fourth-order valence-electron chi connectivity index (χ4n) is 1.72. The van der Waals surface area contributed by atoms with E-state index in [1.807, 2.05) is 30.3 Å². The van der Waals surface area contributed by atoms with E-state index in [0.29, 0.717) is 11.3 Å². The molecule has 0 radical (unpaired) electrons. The van der Waals surface area contributed by atoms with Crippen LogP contribution in [0, 0.1) is 0 Å². The molecule has 6 heteroatoms. The molecule has 0 spiro atoms. The van der Waals surface area contributed by atoms with Crippen molar-refractivity contribution in [3.8, 4) is 0 Å². The highest BCUT2D eigenvalue weighted by molar-refractivity contribution is 9.10. The van der Waals surface area contributed by atoms with Crippen molar-refractivity contribution in [2.24, 2.45) is 0 Å². The molecule has 3 rings (SSSR count). The van der Waals surface area contributed by atoms with E-state index >= 15 is 0 Å². The van der Waals surface area contributed by atoms with Crippen molar-refractivity contribution < 1.29 is 0 Å². The molecule has 0 aliphatic rings. The molecule has 0 aliphatic carbocycles. The van der Waals surface area contributed by atoms with Gasteiger partial charge in [0.2, 0.25) is 5.16 Å². The molecule has 0 saturated carbocycles. The first-order valence-corrected chi connectivity index (χ1v) is 7.49. The first-order chi connectivity index (χ1) is 9.24. The second kappa shape index (κ2) is 5.22. The minimum atomic E-state index is 0.627. The quantitative estimate of drug-likeness (QED) is 0.589. The number of rotatable bonds is 3. The summed E-state index contributed by atoms with van der Waals surface area (Å²) in [6, 6.07) is 13.9. The van der Waals surface area contributed by atoms with Gasteiger partial charge in [-0.1, -0.05) is 42.1 Å². The first kappa shape index (κ1) is 12.5. The van der Waals surface area contributed by atoms with Gasteiger partial charge in [0.1, 0.15) is 4.60 Å². The van der Waals surface area contributed by atoms with Crippen molar-refractivity contribution in [3.63, 3.8) is 0 Å². The van der Waals surface area contributed by atoms with Crippen LogP contribution in [-0.4, -0.2) is 14.6 Å². The molecule has 3 aromatic rings. The van der Waals surface area contributed by atoms with Crippen LogP contribution in [0.15, 0.2) is 52.2 Å². The Morgan fingerprint density at radius 3 is 2.68 bits per heavy atom. The van der Waals surface area contributed by atoms with Crippen LogP contribution in [0.3, 0.4) is 0 Å². The normalized spacial score (nSPS) is 11.0. The number of pyridine rings is 1. The molecule has 0 bridgehead atoms. The Balaban J connectivity index is 1.86. The summed E-state index contributed by atoms with van der Waals surface area (Å²) in [4.78, 5) is 4.45. The molecule has 0 saturated heterocycles. The molecule has 2 N–H and O–H groups in total. The highest BCUT2D eigenvalue weighted by Crippen LogP contribution is 2.24. The molecule has 4 nitrogen and oxygen atoms in total. The van der Waals surface area contributed by atoms with Crippen molar-refractivity contribution in [3.05, 3.63) is 52.6 Å². The summed E-state index contributed by atoms with van der Waals surface area (Å²) in [6.45, 7) is 0. The molecular weight excluding hydrogens is 324 g/mol. The zero-order valence-corrected chi connectivity index (χ0v) is 12.4. The minimum Gasteiger partial charge on any atom is -0.396 e. The SMILES string of the molecule is Nc1ccc(Br)n2nc(SCc3ccccc3)nc12. The lowest BCUT2D eigenvalue weighted by molar-refractivity contribution is 0.870. The molecule has 0 unspecified atom stereocenters. The number of nitrogens with two attached hydrogens (primary N) is 1. The van der Waals surface area contributed by atoms with Gasteiger partial charge in [0.25, 0.3) is 0 Å². The second-order valence-corrected chi connectivity index (χ2v) is 5.77. The van der Waals surface area contributed by atoms with Crippen LogP contribution in [0.1, 0.15) is 5.56 Å². The van der Waals surface area contributed by atoms with Crippen LogP contribution < -0.4 is 5.73 Å². The largest absolute Gasteiger partial charge is 0.396 e. The number of nitrogen functional groups attached to an aromatic ring is 1. The van der Waals surface area contributed by atoms with Gasteiger partial charge in [-0.05, 0) is 33.6 Å². The predicted molar refractivity (Wildman–Crippen MR) is 81.1 cm³/mol. The first-order valence-electron chi connectivity index (χ1n) is 5.71. The molecule has 0 amide bonds. The molecule has 1 aromatic carbocycles. The standard InChI is InChI=1S/C13H11BrN4S/c14-11-7-6-10(15)12-16-13(17-18(11)12)19-8-9-4-2-1-3-5-9/h1-7H,8,15H2. The number of anilines is 1. The maximum absolute atomic E-state index is 5.89. The van der Waals surface area contributed by atoms with E-state index in [1.54, 1.807) is 16.3 Å². The van der Waals surface area contributed by atoms with Gasteiger partial charge < -0.3 is 5.73 Å². The number of hydrogen-bond acceptors (Lipinski definition) is 4. The molecule has 19 heavy (non-hydrogen) atoms. The lowest BCUT2D eigenvalue weighted by atomic mass is 10.2. The van der Waals surface area contributed by atoms with Crippen LogP contribution >= 0.6 is 27.7 Å². The molecule has 2 heterocycles. The summed E-state index contributed by atoms with van der Waals surface area (Å²) >= 11 is 5.03. The van der Waals surface area contributed by atoms with Gasteiger partial charge in [0.15, 0.2) is 5.65 Å². The fourth-order valence-corrected chi connectivity index (χ4v) is 2.87. The number of nitrogens with zero attached hydrogens (tertiary/aromatic N) is 3. The van der Waals surface area contributed by atoms with E-state index in [-0.39, 0.29) is 0 Å². The molecule has 0 aliphatic heterocycles. The number of benzene rings is 1. The van der Waals surface area contributed by atoms with Crippen molar-refractivity contribution in [2.45, 2.75) is 10.9 Å². The summed E-state index contributed by atoms with van der Waals surface area (Å²) in [5.41, 5.74) is 8.45.